The van der Waals surface area contributed by atoms with Crippen molar-refractivity contribution in [2.45, 2.75) is 75.8 Å². The first-order valence-corrected chi connectivity index (χ1v) is 11.2. The second-order valence-electron chi connectivity index (χ2n) is 9.03. The molecule has 0 aromatic carbocycles. The van der Waals surface area contributed by atoms with E-state index in [9.17, 15) is 23.1 Å². The van der Waals surface area contributed by atoms with Crippen molar-refractivity contribution >= 4 is 5.97 Å². The molecule has 6 nitrogen and oxygen atoms in total. The van der Waals surface area contributed by atoms with Gasteiger partial charge in [-0.1, -0.05) is 6.42 Å². The monoisotopic (exact) mass is 418 g/mol. The maximum absolute atomic E-state index is 13.9. The summed E-state index contributed by atoms with van der Waals surface area (Å²) in [4.78, 5) is 16.2. The van der Waals surface area contributed by atoms with Crippen LogP contribution in [0.1, 0.15) is 57.8 Å². The van der Waals surface area contributed by atoms with E-state index in [0.717, 1.165) is 64.7 Å². The molecule has 4 fully saturated rings. The number of carbonyl (C=O) groups is 1. The van der Waals surface area contributed by atoms with E-state index < -0.39 is 29.9 Å². The van der Waals surface area contributed by atoms with E-state index in [1.165, 1.54) is 0 Å². The van der Waals surface area contributed by atoms with Gasteiger partial charge in [-0.25, -0.2) is 10.0 Å². The number of hydrogen-bond donors (Lipinski definition) is 1. The molecule has 166 valence electrons. The summed E-state index contributed by atoms with van der Waals surface area (Å²) in [6.07, 6.45) is 2.14. The van der Waals surface area contributed by atoms with Gasteiger partial charge in [-0.15, -0.1) is 0 Å². The zero-order chi connectivity index (χ0) is 20.6. The molecule has 4 heterocycles. The summed E-state index contributed by atoms with van der Waals surface area (Å²) < 4.78 is 41.7. The third-order valence-electron chi connectivity index (χ3n) is 7.37. The molecule has 4 aliphatic rings. The molecule has 0 aliphatic carbocycles. The van der Waals surface area contributed by atoms with Crippen LogP contribution in [0.15, 0.2) is 0 Å². The number of aliphatic carboxylic acids is 1. The Hall–Kier alpha value is -0.900. The van der Waals surface area contributed by atoms with E-state index >= 15 is 0 Å². The fourth-order valence-corrected chi connectivity index (χ4v) is 6.03. The Morgan fingerprint density at radius 3 is 2.14 bits per heavy atom. The molecule has 29 heavy (non-hydrogen) atoms. The van der Waals surface area contributed by atoms with E-state index in [1.807, 2.05) is 4.90 Å². The highest BCUT2D eigenvalue weighted by molar-refractivity contribution is 5.74. The largest absolute Gasteiger partial charge is 0.480 e. The first-order chi connectivity index (χ1) is 13.8. The van der Waals surface area contributed by atoms with Gasteiger partial charge in [0.05, 0.1) is 5.92 Å². The molecule has 0 aromatic heterocycles. The number of carboxylic acids is 1. The Morgan fingerprint density at radius 2 is 1.52 bits per heavy atom. The standard InChI is InChI=1S/C20H33F3N4O2/c21-20(22,23)16-8-14-27(25-11-2-1-3-12-25)19(15-16,24-9-4-5-10-24)26-13-6-7-17(26)18(28)29/h16-17H,1-15H2,(H,28,29). The third-order valence-corrected chi connectivity index (χ3v) is 7.37. The predicted molar refractivity (Wildman–Crippen MR) is 102 cm³/mol. The molecule has 0 amide bonds. The summed E-state index contributed by atoms with van der Waals surface area (Å²) in [5.74, 6) is -3.28. The zero-order valence-corrected chi connectivity index (χ0v) is 17.0. The van der Waals surface area contributed by atoms with Crippen molar-refractivity contribution in [3.63, 3.8) is 0 Å². The molecule has 3 atom stereocenters. The average molecular weight is 419 g/mol. The molecular formula is C20H33F3N4O2. The summed E-state index contributed by atoms with van der Waals surface area (Å²) in [6, 6.07) is -0.713. The Morgan fingerprint density at radius 1 is 0.862 bits per heavy atom. The molecule has 1 N–H and O–H groups in total. The SMILES string of the molecule is O=C(O)C1CCCN1C1(N2CCCC2)CC(C(F)(F)F)CCN1N1CCCCC1. The Balaban J connectivity index is 1.77. The van der Waals surface area contributed by atoms with Gasteiger partial charge in [-0.3, -0.25) is 14.6 Å². The van der Waals surface area contributed by atoms with Crippen LogP contribution in [0.25, 0.3) is 0 Å². The number of likely N-dealkylation sites (tertiary alicyclic amines) is 2. The second-order valence-corrected chi connectivity index (χ2v) is 9.03. The number of nitrogens with zero attached hydrogens (tertiary/aromatic N) is 4. The topological polar surface area (TPSA) is 50.3 Å². The predicted octanol–water partition coefficient (Wildman–Crippen LogP) is 2.96. The maximum Gasteiger partial charge on any atom is 0.392 e. The summed E-state index contributed by atoms with van der Waals surface area (Å²) in [5, 5.41) is 14.3. The number of alkyl halides is 3. The lowest BCUT2D eigenvalue weighted by Crippen LogP contribution is -2.77. The van der Waals surface area contributed by atoms with Crippen LogP contribution in [-0.2, 0) is 4.79 Å². The summed E-state index contributed by atoms with van der Waals surface area (Å²) in [6.45, 7) is 4.04. The fourth-order valence-electron chi connectivity index (χ4n) is 6.03. The normalized spacial score (nSPS) is 36.7. The van der Waals surface area contributed by atoms with Crippen LogP contribution in [-0.4, -0.2) is 88.2 Å². The second kappa shape index (κ2) is 8.32. The van der Waals surface area contributed by atoms with Crippen molar-refractivity contribution in [2.75, 3.05) is 39.3 Å². The Kier molecular flexibility index (Phi) is 6.12. The minimum Gasteiger partial charge on any atom is -0.480 e. The molecular weight excluding hydrogens is 385 g/mol. The van der Waals surface area contributed by atoms with Gasteiger partial charge >= 0.3 is 12.1 Å². The minimum atomic E-state index is -4.25. The number of piperidine rings is 2. The number of halogens is 3. The van der Waals surface area contributed by atoms with Crippen molar-refractivity contribution in [2.24, 2.45) is 5.92 Å². The molecule has 9 heteroatoms. The zero-order valence-electron chi connectivity index (χ0n) is 17.0. The molecule has 4 aliphatic heterocycles. The molecule has 4 rings (SSSR count). The molecule has 0 radical (unpaired) electrons. The summed E-state index contributed by atoms with van der Waals surface area (Å²) >= 11 is 0. The van der Waals surface area contributed by atoms with E-state index in [0.29, 0.717) is 19.5 Å². The van der Waals surface area contributed by atoms with Crippen LogP contribution in [0.2, 0.25) is 0 Å². The molecule has 0 bridgehead atoms. The first-order valence-electron chi connectivity index (χ1n) is 11.2. The van der Waals surface area contributed by atoms with Crippen LogP contribution in [0, 0.1) is 5.92 Å². The number of hydrazine groups is 1. The number of rotatable bonds is 4. The smallest absolute Gasteiger partial charge is 0.392 e. The molecule has 0 aromatic rings. The van der Waals surface area contributed by atoms with Gasteiger partial charge in [0.2, 0.25) is 0 Å². The highest BCUT2D eigenvalue weighted by atomic mass is 19.4. The molecule has 4 saturated heterocycles. The van der Waals surface area contributed by atoms with Crippen molar-refractivity contribution in [3.8, 4) is 0 Å². The van der Waals surface area contributed by atoms with Gasteiger partial charge in [0, 0.05) is 45.7 Å². The van der Waals surface area contributed by atoms with Gasteiger partial charge in [-0.2, -0.15) is 13.2 Å². The van der Waals surface area contributed by atoms with Gasteiger partial charge in [0.15, 0.2) is 0 Å². The van der Waals surface area contributed by atoms with E-state index in [4.69, 9.17) is 0 Å². The van der Waals surface area contributed by atoms with Crippen LogP contribution in [0.5, 0.6) is 0 Å². The summed E-state index contributed by atoms with van der Waals surface area (Å²) in [7, 11) is 0. The van der Waals surface area contributed by atoms with Gasteiger partial charge in [0.25, 0.3) is 0 Å². The average Bonchev–Trinajstić information content (AvgIpc) is 3.40. The highest BCUT2D eigenvalue weighted by Crippen LogP contribution is 2.48. The van der Waals surface area contributed by atoms with Crippen LogP contribution < -0.4 is 0 Å². The first kappa shape index (κ1) is 21.3. The van der Waals surface area contributed by atoms with Crippen LogP contribution in [0.4, 0.5) is 13.2 Å². The maximum atomic E-state index is 13.9. The molecule has 3 unspecified atom stereocenters. The quantitative estimate of drug-likeness (QED) is 0.758. The summed E-state index contributed by atoms with van der Waals surface area (Å²) in [5.41, 5.74) is 0. The highest BCUT2D eigenvalue weighted by Gasteiger charge is 2.60. The van der Waals surface area contributed by atoms with Crippen molar-refractivity contribution in [1.82, 2.24) is 19.8 Å². The number of hydrogen-bond acceptors (Lipinski definition) is 5. The molecule has 0 saturated carbocycles. The third kappa shape index (κ3) is 3.91. The molecule has 0 spiro atoms. The lowest BCUT2D eigenvalue weighted by molar-refractivity contribution is -0.300. The fraction of sp³-hybridized carbons (Fsp3) is 0.950. The lowest BCUT2D eigenvalue weighted by Gasteiger charge is -2.61. The van der Waals surface area contributed by atoms with Crippen LogP contribution >= 0.6 is 0 Å². The van der Waals surface area contributed by atoms with Gasteiger partial charge < -0.3 is 5.11 Å². The Bertz CT molecular complexity index is 593. The Labute approximate surface area is 170 Å². The van der Waals surface area contributed by atoms with Crippen molar-refractivity contribution in [3.05, 3.63) is 0 Å². The minimum absolute atomic E-state index is 0.0588. The van der Waals surface area contributed by atoms with Crippen molar-refractivity contribution < 1.29 is 23.1 Å². The van der Waals surface area contributed by atoms with E-state index in [2.05, 4.69) is 14.9 Å². The van der Waals surface area contributed by atoms with Crippen LogP contribution in [0.3, 0.4) is 0 Å². The number of carboxylic acid groups (broad SMARTS) is 1. The van der Waals surface area contributed by atoms with Gasteiger partial charge in [0.1, 0.15) is 11.8 Å². The van der Waals surface area contributed by atoms with Gasteiger partial charge in [-0.05, 0) is 44.9 Å². The van der Waals surface area contributed by atoms with E-state index in [-0.39, 0.29) is 12.8 Å². The van der Waals surface area contributed by atoms with Crippen molar-refractivity contribution in [1.29, 1.82) is 0 Å². The lowest BCUT2D eigenvalue weighted by atomic mass is 9.88. The van der Waals surface area contributed by atoms with E-state index in [1.54, 1.807) is 0 Å².